The lowest BCUT2D eigenvalue weighted by molar-refractivity contribution is 0.0600. The summed E-state index contributed by atoms with van der Waals surface area (Å²) in [6.07, 6.45) is 0. The van der Waals surface area contributed by atoms with Crippen molar-refractivity contribution in [2.75, 3.05) is 7.11 Å². The number of methoxy groups -OCH3 is 1. The number of ether oxygens (including phenoxy) is 1. The number of phenolic OH excluding ortho intramolecular Hbond substituents is 1. The first kappa shape index (κ1) is 14.4. The fourth-order valence-corrected chi connectivity index (χ4v) is 0.715. The molecule has 0 aliphatic carbocycles. The normalized spacial score (nSPS) is 9.94. The van der Waals surface area contributed by atoms with E-state index in [1.807, 2.05) is 0 Å². The van der Waals surface area contributed by atoms with Gasteiger partial charge in [-0.25, -0.2) is 4.79 Å². The van der Waals surface area contributed by atoms with Gasteiger partial charge in [-0.2, -0.15) is 8.42 Å². The lowest BCUT2D eigenvalue weighted by Crippen LogP contribution is -1.99. The van der Waals surface area contributed by atoms with Crippen molar-refractivity contribution < 1.29 is 32.2 Å². The number of hydrogen-bond donors (Lipinski definition) is 3. The molecule has 0 fully saturated rings. The number of phenols is 1. The van der Waals surface area contributed by atoms with Gasteiger partial charge in [-0.3, -0.25) is 9.11 Å². The second kappa shape index (κ2) is 6.05. The first-order chi connectivity index (χ1) is 7.24. The number of esters is 1. The molecule has 1 aromatic rings. The molecular formula is C8H10O7S. The Bertz CT molecular complexity index is 426. The van der Waals surface area contributed by atoms with Gasteiger partial charge in [0.1, 0.15) is 5.75 Å². The minimum atomic E-state index is -4.67. The van der Waals surface area contributed by atoms with E-state index in [1.54, 1.807) is 0 Å². The lowest BCUT2D eigenvalue weighted by atomic mass is 10.2. The van der Waals surface area contributed by atoms with Gasteiger partial charge in [-0.1, -0.05) is 0 Å². The standard InChI is InChI=1S/C8H8O3.H2O4S/c1-11-8(10)6-2-4-7(9)5-3-6;1-5(2,3)4/h2-5,9H,1H3;(H2,1,2,3,4). The maximum absolute atomic E-state index is 10.8. The largest absolute Gasteiger partial charge is 0.508 e. The van der Waals surface area contributed by atoms with Gasteiger partial charge in [0.2, 0.25) is 0 Å². The molecule has 0 aliphatic rings. The van der Waals surface area contributed by atoms with Crippen LogP contribution in [0.25, 0.3) is 0 Å². The van der Waals surface area contributed by atoms with Gasteiger partial charge in [0.05, 0.1) is 12.7 Å². The Balaban J connectivity index is 0.000000385. The summed E-state index contributed by atoms with van der Waals surface area (Å²) < 4.78 is 36.0. The van der Waals surface area contributed by atoms with E-state index in [9.17, 15) is 4.79 Å². The van der Waals surface area contributed by atoms with Gasteiger partial charge in [0.25, 0.3) is 0 Å². The average molecular weight is 250 g/mol. The molecule has 8 heteroatoms. The molecular weight excluding hydrogens is 240 g/mol. The predicted octanol–water partition coefficient (Wildman–Crippen LogP) is 0.526. The van der Waals surface area contributed by atoms with Gasteiger partial charge >= 0.3 is 16.4 Å². The maximum Gasteiger partial charge on any atom is 0.394 e. The zero-order valence-electron chi connectivity index (χ0n) is 8.19. The van der Waals surface area contributed by atoms with E-state index in [1.165, 1.54) is 31.4 Å². The summed E-state index contributed by atoms with van der Waals surface area (Å²) in [5, 5.41) is 8.86. The van der Waals surface area contributed by atoms with Crippen LogP contribution in [0.3, 0.4) is 0 Å². The number of aromatic hydroxyl groups is 1. The number of rotatable bonds is 1. The van der Waals surface area contributed by atoms with Crippen LogP contribution in [0, 0.1) is 0 Å². The molecule has 0 atom stereocenters. The summed E-state index contributed by atoms with van der Waals surface area (Å²) in [4.78, 5) is 10.8. The van der Waals surface area contributed by atoms with Crippen LogP contribution in [-0.4, -0.2) is 35.7 Å². The van der Waals surface area contributed by atoms with E-state index >= 15 is 0 Å². The molecule has 0 heterocycles. The van der Waals surface area contributed by atoms with Crippen LogP contribution in [0.4, 0.5) is 0 Å². The summed E-state index contributed by atoms with van der Waals surface area (Å²) in [5.41, 5.74) is 0.435. The fourth-order valence-electron chi connectivity index (χ4n) is 0.715. The summed E-state index contributed by atoms with van der Waals surface area (Å²) in [5.74, 6) is -0.261. The van der Waals surface area contributed by atoms with Gasteiger partial charge in [0.15, 0.2) is 0 Å². The molecule has 7 nitrogen and oxygen atoms in total. The van der Waals surface area contributed by atoms with E-state index in [0.29, 0.717) is 5.56 Å². The van der Waals surface area contributed by atoms with Crippen molar-refractivity contribution in [3.8, 4) is 5.75 Å². The highest BCUT2D eigenvalue weighted by Gasteiger charge is 2.02. The quantitative estimate of drug-likeness (QED) is 0.490. The summed E-state index contributed by atoms with van der Waals surface area (Å²) in [6, 6.07) is 5.88. The Hall–Kier alpha value is -1.64. The van der Waals surface area contributed by atoms with Crippen molar-refractivity contribution in [1.82, 2.24) is 0 Å². The molecule has 0 bridgehead atoms. The van der Waals surface area contributed by atoms with E-state index in [0.717, 1.165) is 0 Å². The molecule has 0 saturated carbocycles. The Morgan fingerprint density at radius 3 is 1.88 bits per heavy atom. The van der Waals surface area contributed by atoms with Crippen LogP contribution in [0.5, 0.6) is 5.75 Å². The minimum Gasteiger partial charge on any atom is -0.508 e. The summed E-state index contributed by atoms with van der Waals surface area (Å²) in [6.45, 7) is 0. The first-order valence-corrected chi connectivity index (χ1v) is 5.21. The van der Waals surface area contributed by atoms with Crippen LogP contribution >= 0.6 is 0 Å². The monoisotopic (exact) mass is 250 g/mol. The molecule has 0 saturated heterocycles. The number of carbonyl (C=O) groups excluding carboxylic acids is 1. The minimum absolute atomic E-state index is 0.137. The first-order valence-electron chi connectivity index (χ1n) is 3.81. The van der Waals surface area contributed by atoms with Crippen LogP contribution in [0.15, 0.2) is 24.3 Å². The third-order valence-electron chi connectivity index (χ3n) is 1.29. The van der Waals surface area contributed by atoms with Crippen molar-refractivity contribution >= 4 is 16.4 Å². The zero-order valence-corrected chi connectivity index (χ0v) is 9.01. The third kappa shape index (κ3) is 7.74. The molecule has 90 valence electrons. The number of benzene rings is 1. The van der Waals surface area contributed by atoms with Gasteiger partial charge in [-0.05, 0) is 24.3 Å². The second-order valence-corrected chi connectivity index (χ2v) is 3.38. The Morgan fingerprint density at radius 2 is 1.56 bits per heavy atom. The molecule has 0 amide bonds. The zero-order chi connectivity index (χ0) is 12.8. The second-order valence-electron chi connectivity index (χ2n) is 2.49. The maximum atomic E-state index is 10.8. The average Bonchev–Trinajstić information content (AvgIpc) is 2.15. The molecule has 3 N–H and O–H groups in total. The van der Waals surface area contributed by atoms with Gasteiger partial charge in [-0.15, -0.1) is 0 Å². The lowest BCUT2D eigenvalue weighted by Gasteiger charge is -1.97. The van der Waals surface area contributed by atoms with Crippen LogP contribution < -0.4 is 0 Å². The Labute approximate surface area is 91.9 Å². The van der Waals surface area contributed by atoms with Crippen molar-refractivity contribution in [2.24, 2.45) is 0 Å². The van der Waals surface area contributed by atoms with Gasteiger partial charge < -0.3 is 9.84 Å². The molecule has 0 radical (unpaired) electrons. The van der Waals surface area contributed by atoms with E-state index in [4.69, 9.17) is 22.6 Å². The molecule has 0 aromatic heterocycles. The molecule has 1 aromatic carbocycles. The van der Waals surface area contributed by atoms with E-state index < -0.39 is 16.4 Å². The molecule has 1 rings (SSSR count). The van der Waals surface area contributed by atoms with Crippen LogP contribution in [0.1, 0.15) is 10.4 Å². The number of carbonyl (C=O) groups is 1. The summed E-state index contributed by atoms with van der Waals surface area (Å²) >= 11 is 0. The fraction of sp³-hybridized carbons (Fsp3) is 0.125. The predicted molar refractivity (Wildman–Crippen MR) is 53.6 cm³/mol. The molecule has 0 unspecified atom stereocenters. The summed E-state index contributed by atoms with van der Waals surface area (Å²) in [7, 11) is -3.35. The van der Waals surface area contributed by atoms with E-state index in [-0.39, 0.29) is 5.75 Å². The number of hydrogen-bond acceptors (Lipinski definition) is 5. The molecule has 0 aliphatic heterocycles. The van der Waals surface area contributed by atoms with E-state index in [2.05, 4.69) is 4.74 Å². The van der Waals surface area contributed by atoms with Crippen molar-refractivity contribution in [3.05, 3.63) is 29.8 Å². The van der Waals surface area contributed by atoms with Crippen LogP contribution in [-0.2, 0) is 15.1 Å². The third-order valence-corrected chi connectivity index (χ3v) is 1.29. The highest BCUT2D eigenvalue weighted by Crippen LogP contribution is 2.09. The van der Waals surface area contributed by atoms with Crippen molar-refractivity contribution in [1.29, 1.82) is 0 Å². The highest BCUT2D eigenvalue weighted by molar-refractivity contribution is 7.79. The molecule has 0 spiro atoms. The van der Waals surface area contributed by atoms with Gasteiger partial charge in [0, 0.05) is 0 Å². The Kier molecular flexibility index (Phi) is 5.43. The topological polar surface area (TPSA) is 121 Å². The highest BCUT2D eigenvalue weighted by atomic mass is 32.3. The molecule has 16 heavy (non-hydrogen) atoms. The smallest absolute Gasteiger partial charge is 0.394 e. The Morgan fingerprint density at radius 1 is 1.19 bits per heavy atom. The van der Waals surface area contributed by atoms with Crippen LogP contribution in [0.2, 0.25) is 0 Å². The SMILES string of the molecule is COC(=O)c1ccc(O)cc1.O=S(=O)(O)O. The van der Waals surface area contributed by atoms with Crippen molar-refractivity contribution in [2.45, 2.75) is 0 Å². The van der Waals surface area contributed by atoms with Crippen molar-refractivity contribution in [3.63, 3.8) is 0 Å².